The van der Waals surface area contributed by atoms with Gasteiger partial charge >= 0.3 is 12.6 Å². The highest BCUT2D eigenvalue weighted by Crippen LogP contribution is 2.27. The van der Waals surface area contributed by atoms with Gasteiger partial charge in [0.2, 0.25) is 0 Å². The minimum atomic E-state index is -2.94. The van der Waals surface area contributed by atoms with Crippen molar-refractivity contribution in [1.82, 2.24) is 0 Å². The van der Waals surface area contributed by atoms with Gasteiger partial charge in [0.05, 0.1) is 14.2 Å². The van der Waals surface area contributed by atoms with Crippen LogP contribution in [-0.4, -0.2) is 39.2 Å². The molecule has 148 valence electrons. The number of methoxy groups -OCH3 is 2. The van der Waals surface area contributed by atoms with Crippen molar-refractivity contribution in [3.8, 4) is 17.2 Å². The third-order valence-corrected chi connectivity index (χ3v) is 3.57. The summed E-state index contributed by atoms with van der Waals surface area (Å²) in [6, 6.07) is 10.2. The van der Waals surface area contributed by atoms with Crippen molar-refractivity contribution < 1.29 is 37.3 Å². The normalized spacial score (nSPS) is 10.8. The lowest BCUT2D eigenvalue weighted by molar-refractivity contribution is -0.136. The number of hydrogen-bond donors (Lipinski definition) is 0. The van der Waals surface area contributed by atoms with Gasteiger partial charge in [-0.25, -0.2) is 4.79 Å². The molecule has 0 aliphatic heterocycles. The van der Waals surface area contributed by atoms with Crippen LogP contribution in [0.2, 0.25) is 0 Å². The molecule has 8 heteroatoms. The molecule has 0 radical (unpaired) electrons. The summed E-state index contributed by atoms with van der Waals surface area (Å²) < 4.78 is 43.6. The van der Waals surface area contributed by atoms with E-state index in [-0.39, 0.29) is 11.3 Å². The van der Waals surface area contributed by atoms with E-state index in [0.29, 0.717) is 17.1 Å². The molecule has 0 fully saturated rings. The van der Waals surface area contributed by atoms with E-state index in [9.17, 15) is 18.4 Å². The molecule has 0 N–H and O–H groups in total. The van der Waals surface area contributed by atoms with E-state index >= 15 is 0 Å². The van der Waals surface area contributed by atoms with Crippen LogP contribution in [0.25, 0.3) is 6.08 Å². The van der Waals surface area contributed by atoms with Crippen LogP contribution in [0, 0.1) is 0 Å². The maximum atomic E-state index is 12.1. The highest BCUT2D eigenvalue weighted by Gasteiger charge is 2.10. The van der Waals surface area contributed by atoms with Gasteiger partial charge in [-0.2, -0.15) is 8.78 Å². The van der Waals surface area contributed by atoms with Crippen LogP contribution >= 0.6 is 0 Å². The summed E-state index contributed by atoms with van der Waals surface area (Å²) in [4.78, 5) is 23.8. The summed E-state index contributed by atoms with van der Waals surface area (Å²) in [6.07, 6.45) is 2.68. The maximum absolute atomic E-state index is 12.1. The molecule has 0 heterocycles. The van der Waals surface area contributed by atoms with Gasteiger partial charge in [-0.05, 0) is 48.0 Å². The lowest BCUT2D eigenvalue weighted by Gasteiger charge is -2.07. The number of halogens is 2. The number of esters is 1. The van der Waals surface area contributed by atoms with Crippen molar-refractivity contribution >= 4 is 17.8 Å². The van der Waals surface area contributed by atoms with E-state index in [0.717, 1.165) is 0 Å². The van der Waals surface area contributed by atoms with E-state index in [1.54, 1.807) is 18.2 Å². The van der Waals surface area contributed by atoms with Gasteiger partial charge in [0.15, 0.2) is 23.9 Å². The molecule has 0 spiro atoms. The average molecular weight is 392 g/mol. The maximum Gasteiger partial charge on any atom is 0.387 e. The van der Waals surface area contributed by atoms with Crippen LogP contribution < -0.4 is 14.2 Å². The Hall–Kier alpha value is -3.42. The van der Waals surface area contributed by atoms with Crippen molar-refractivity contribution in [2.45, 2.75) is 6.61 Å². The standard InChI is InChI=1S/C20H18F2O6/c1-25-17-9-3-13(11-18(17)26-2)4-10-19(24)27-12-16(23)14-5-7-15(8-6-14)28-20(21)22/h3-11,20H,12H2,1-2H3/b10-4+. The van der Waals surface area contributed by atoms with Crippen LogP contribution in [0.4, 0.5) is 8.78 Å². The van der Waals surface area contributed by atoms with Crippen LogP contribution in [-0.2, 0) is 9.53 Å². The number of alkyl halides is 2. The third kappa shape index (κ3) is 6.08. The molecular formula is C20H18F2O6. The molecule has 0 amide bonds. The molecule has 28 heavy (non-hydrogen) atoms. The largest absolute Gasteiger partial charge is 0.493 e. The predicted octanol–water partition coefficient (Wildman–Crippen LogP) is 3.74. The molecule has 0 saturated carbocycles. The molecule has 2 aromatic rings. The zero-order chi connectivity index (χ0) is 20.5. The lowest BCUT2D eigenvalue weighted by Crippen LogP contribution is -2.12. The van der Waals surface area contributed by atoms with Crippen LogP contribution in [0.5, 0.6) is 17.2 Å². The molecule has 0 atom stereocenters. The van der Waals surface area contributed by atoms with E-state index < -0.39 is 25.0 Å². The van der Waals surface area contributed by atoms with E-state index in [1.165, 1.54) is 50.6 Å². The smallest absolute Gasteiger partial charge is 0.387 e. The Kier molecular flexibility index (Phi) is 7.50. The molecule has 0 unspecified atom stereocenters. The monoisotopic (exact) mass is 392 g/mol. The Morgan fingerprint density at radius 1 is 1.00 bits per heavy atom. The Bertz CT molecular complexity index is 846. The molecule has 0 aliphatic carbocycles. The number of rotatable bonds is 9. The van der Waals surface area contributed by atoms with E-state index in [4.69, 9.17) is 14.2 Å². The SMILES string of the molecule is COc1ccc(/C=C/C(=O)OCC(=O)c2ccc(OC(F)F)cc2)cc1OC. The molecular weight excluding hydrogens is 374 g/mol. The van der Waals surface area contributed by atoms with Crippen molar-refractivity contribution in [2.24, 2.45) is 0 Å². The van der Waals surface area contributed by atoms with Gasteiger partial charge < -0.3 is 18.9 Å². The molecule has 0 aliphatic rings. The molecule has 6 nitrogen and oxygen atoms in total. The van der Waals surface area contributed by atoms with Crippen molar-refractivity contribution in [2.75, 3.05) is 20.8 Å². The first-order valence-corrected chi connectivity index (χ1v) is 8.08. The fourth-order valence-electron chi connectivity index (χ4n) is 2.21. The van der Waals surface area contributed by atoms with Gasteiger partial charge in [0.1, 0.15) is 5.75 Å². The Morgan fingerprint density at radius 2 is 1.68 bits per heavy atom. The quantitative estimate of drug-likeness (QED) is 0.368. The summed E-state index contributed by atoms with van der Waals surface area (Å²) in [6.45, 7) is -3.43. The van der Waals surface area contributed by atoms with E-state index in [1.807, 2.05) is 0 Å². The molecule has 0 saturated heterocycles. The number of benzene rings is 2. The predicted molar refractivity (Wildman–Crippen MR) is 96.9 cm³/mol. The second-order valence-corrected chi connectivity index (χ2v) is 5.38. The minimum absolute atomic E-state index is 0.0682. The number of Topliss-reactive ketones (excluding diaryl/α,β-unsaturated/α-hetero) is 1. The topological polar surface area (TPSA) is 71.1 Å². The summed E-state index contributed by atoms with van der Waals surface area (Å²) in [5.41, 5.74) is 0.883. The van der Waals surface area contributed by atoms with Crippen LogP contribution in [0.15, 0.2) is 48.5 Å². The van der Waals surface area contributed by atoms with Gasteiger partial charge in [0.25, 0.3) is 0 Å². The molecule has 2 rings (SSSR count). The van der Waals surface area contributed by atoms with Gasteiger partial charge in [-0.1, -0.05) is 6.07 Å². The summed E-state index contributed by atoms with van der Waals surface area (Å²) in [5.74, 6) is -0.191. The average Bonchev–Trinajstić information content (AvgIpc) is 2.70. The Morgan fingerprint density at radius 3 is 2.29 bits per heavy atom. The van der Waals surface area contributed by atoms with Crippen molar-refractivity contribution in [1.29, 1.82) is 0 Å². The van der Waals surface area contributed by atoms with Crippen LogP contribution in [0.1, 0.15) is 15.9 Å². The summed E-state index contributed by atoms with van der Waals surface area (Å²) in [7, 11) is 3.01. The first-order chi connectivity index (χ1) is 13.4. The number of ether oxygens (including phenoxy) is 4. The molecule has 0 bridgehead atoms. The fraction of sp³-hybridized carbons (Fsp3) is 0.200. The van der Waals surface area contributed by atoms with Crippen molar-refractivity contribution in [3.63, 3.8) is 0 Å². The number of carbonyl (C=O) groups excluding carboxylic acids is 2. The lowest BCUT2D eigenvalue weighted by atomic mass is 10.1. The van der Waals surface area contributed by atoms with Gasteiger partial charge in [-0.3, -0.25) is 4.79 Å². The summed E-state index contributed by atoms with van der Waals surface area (Å²) >= 11 is 0. The minimum Gasteiger partial charge on any atom is -0.493 e. The van der Waals surface area contributed by atoms with Gasteiger partial charge in [0, 0.05) is 11.6 Å². The number of carbonyl (C=O) groups is 2. The highest BCUT2D eigenvalue weighted by atomic mass is 19.3. The summed E-state index contributed by atoms with van der Waals surface area (Å²) in [5, 5.41) is 0. The van der Waals surface area contributed by atoms with Crippen molar-refractivity contribution in [3.05, 3.63) is 59.7 Å². The van der Waals surface area contributed by atoms with Crippen LogP contribution in [0.3, 0.4) is 0 Å². The molecule has 0 aromatic heterocycles. The third-order valence-electron chi connectivity index (χ3n) is 3.57. The second kappa shape index (κ2) is 10.1. The highest BCUT2D eigenvalue weighted by molar-refractivity contribution is 5.99. The Labute approximate surface area is 160 Å². The zero-order valence-corrected chi connectivity index (χ0v) is 15.2. The second-order valence-electron chi connectivity index (χ2n) is 5.38. The number of ketones is 1. The fourth-order valence-corrected chi connectivity index (χ4v) is 2.21. The Balaban J connectivity index is 1.89. The first kappa shape index (κ1) is 20.9. The zero-order valence-electron chi connectivity index (χ0n) is 15.2. The van der Waals surface area contributed by atoms with Gasteiger partial charge in [-0.15, -0.1) is 0 Å². The number of hydrogen-bond acceptors (Lipinski definition) is 6. The van der Waals surface area contributed by atoms with E-state index in [2.05, 4.69) is 4.74 Å². The molecule has 2 aromatic carbocycles. The first-order valence-electron chi connectivity index (χ1n) is 8.08.